The van der Waals surface area contributed by atoms with Crippen molar-refractivity contribution in [2.45, 2.75) is 48.4 Å². The summed E-state index contributed by atoms with van der Waals surface area (Å²) in [5.74, 6) is -42.3. The summed E-state index contributed by atoms with van der Waals surface area (Å²) < 4.78 is 177. The van der Waals surface area contributed by atoms with Gasteiger partial charge in [-0.15, -0.1) is 0 Å². The van der Waals surface area contributed by atoms with Gasteiger partial charge in [0.05, 0.1) is 0 Å². The highest BCUT2D eigenvalue weighted by atomic mass is 19.4. The van der Waals surface area contributed by atoms with E-state index in [0.717, 1.165) is 0 Å². The monoisotopic (exact) mass is 410 g/mol. The van der Waals surface area contributed by atoms with Crippen molar-refractivity contribution in [1.82, 2.24) is 0 Å². The first-order valence-electron chi connectivity index (χ1n) is 5.32. The molecule has 1 atom stereocenters. The molecule has 0 amide bonds. The van der Waals surface area contributed by atoms with E-state index in [0.29, 0.717) is 0 Å². The van der Waals surface area contributed by atoms with Gasteiger partial charge in [-0.3, -0.25) is 0 Å². The van der Waals surface area contributed by atoms with Crippen LogP contribution in [-0.4, -0.2) is 52.5 Å². The summed E-state index contributed by atoms with van der Waals surface area (Å²) in [6.07, 6.45) is -7.57. The van der Waals surface area contributed by atoms with Crippen LogP contribution >= 0.6 is 0 Å². The second-order valence-electron chi connectivity index (χ2n) is 4.68. The van der Waals surface area contributed by atoms with E-state index in [1.165, 1.54) is 0 Å². The molecule has 0 aromatic carbocycles. The first-order valence-corrected chi connectivity index (χ1v) is 5.32. The number of aliphatic carboxylic acids is 1. The number of carbonyl (C=O) groups is 1. The zero-order valence-corrected chi connectivity index (χ0v) is 11.1. The van der Waals surface area contributed by atoms with Crippen LogP contribution in [0.15, 0.2) is 0 Å². The van der Waals surface area contributed by atoms with Crippen LogP contribution in [0, 0.1) is 0 Å². The molecule has 0 saturated heterocycles. The maximum Gasteiger partial charge on any atom is 0.460 e. The summed E-state index contributed by atoms with van der Waals surface area (Å²) in [4.78, 5) is 9.96. The van der Waals surface area contributed by atoms with Crippen molar-refractivity contribution in [3.05, 3.63) is 0 Å². The highest BCUT2D eigenvalue weighted by Crippen LogP contribution is 2.61. The molecule has 0 aliphatic rings. The van der Waals surface area contributed by atoms with Crippen molar-refractivity contribution in [3.8, 4) is 0 Å². The molecule has 0 saturated carbocycles. The number of hydrogen-bond donors (Lipinski definition) is 1. The molecule has 0 aliphatic heterocycles. The van der Waals surface area contributed by atoms with Crippen LogP contribution in [0.3, 0.4) is 0 Å². The molecule has 0 rings (SSSR count). The normalized spacial score (nSPS) is 18.0. The molecule has 25 heavy (non-hydrogen) atoms. The highest BCUT2D eigenvalue weighted by Gasteiger charge is 2.92. The summed E-state index contributed by atoms with van der Waals surface area (Å²) in [5, 5.41) is 7.81. The zero-order valence-electron chi connectivity index (χ0n) is 11.1. The van der Waals surface area contributed by atoms with Crippen LogP contribution in [0.5, 0.6) is 0 Å². The van der Waals surface area contributed by atoms with Crippen molar-refractivity contribution >= 4 is 5.97 Å². The Morgan fingerprint density at radius 3 is 1.12 bits per heavy atom. The lowest BCUT2D eigenvalue weighted by molar-refractivity contribution is -0.437. The Morgan fingerprint density at radius 2 is 0.880 bits per heavy atom. The summed E-state index contributed by atoms with van der Waals surface area (Å²) in [5.41, 5.74) is -6.50. The summed E-state index contributed by atoms with van der Waals surface area (Å²) in [6.45, 7) is -1.38. The Labute approximate surface area is 127 Å². The van der Waals surface area contributed by atoms with E-state index in [1.807, 2.05) is 0 Å². The van der Waals surface area contributed by atoms with E-state index >= 15 is 0 Å². The molecular formula is C9H4F14O2. The van der Waals surface area contributed by atoms with Crippen LogP contribution in [0.4, 0.5) is 61.5 Å². The van der Waals surface area contributed by atoms with E-state index in [4.69, 9.17) is 5.11 Å². The molecule has 1 unspecified atom stereocenters. The fourth-order valence-corrected chi connectivity index (χ4v) is 1.27. The second-order valence-corrected chi connectivity index (χ2v) is 4.68. The molecule has 2 nitrogen and oxygen atoms in total. The Bertz CT molecular complexity index is 531. The summed E-state index contributed by atoms with van der Waals surface area (Å²) in [7, 11) is 0. The molecule has 0 fully saturated rings. The maximum atomic E-state index is 13.4. The van der Waals surface area contributed by atoms with E-state index in [1.54, 1.807) is 0 Å². The van der Waals surface area contributed by atoms with E-state index in [-0.39, 0.29) is 0 Å². The molecule has 0 radical (unpaired) electrons. The Balaban J connectivity index is 6.55. The van der Waals surface area contributed by atoms with Crippen molar-refractivity contribution in [3.63, 3.8) is 0 Å². The van der Waals surface area contributed by atoms with Gasteiger partial charge in [-0.05, 0) is 6.92 Å². The average molecular weight is 410 g/mol. The first-order chi connectivity index (χ1) is 10.4. The third kappa shape index (κ3) is 2.76. The van der Waals surface area contributed by atoms with Crippen molar-refractivity contribution in [1.29, 1.82) is 0 Å². The molecule has 0 heterocycles. The van der Waals surface area contributed by atoms with Crippen molar-refractivity contribution in [2.75, 3.05) is 0 Å². The number of rotatable bonds is 6. The van der Waals surface area contributed by atoms with E-state index < -0.39 is 54.4 Å². The molecule has 0 aromatic heterocycles. The SMILES string of the molecule is CC(F)(C(F)(F)C(=O)O)C(F)(F)C(F)(F)C(F)(F)C(F)(F)C(F)(F)F. The van der Waals surface area contributed by atoms with Gasteiger partial charge in [0.1, 0.15) is 0 Å². The summed E-state index contributed by atoms with van der Waals surface area (Å²) >= 11 is 0. The Morgan fingerprint density at radius 1 is 0.600 bits per heavy atom. The van der Waals surface area contributed by atoms with Crippen LogP contribution in [-0.2, 0) is 4.79 Å². The van der Waals surface area contributed by atoms with Gasteiger partial charge in [-0.2, -0.15) is 57.1 Å². The van der Waals surface area contributed by atoms with Crippen LogP contribution in [0.1, 0.15) is 6.92 Å². The van der Waals surface area contributed by atoms with Gasteiger partial charge in [-0.25, -0.2) is 9.18 Å². The fraction of sp³-hybridized carbons (Fsp3) is 0.889. The number of carboxylic acid groups (broad SMARTS) is 1. The maximum absolute atomic E-state index is 13.4. The van der Waals surface area contributed by atoms with E-state index in [2.05, 4.69) is 0 Å². The van der Waals surface area contributed by atoms with Crippen LogP contribution in [0.25, 0.3) is 0 Å². The van der Waals surface area contributed by atoms with Crippen LogP contribution in [0.2, 0.25) is 0 Å². The topological polar surface area (TPSA) is 37.3 Å². The minimum absolute atomic E-state index is 1.38. The fourth-order valence-electron chi connectivity index (χ4n) is 1.27. The first kappa shape index (κ1) is 23.5. The molecular weight excluding hydrogens is 406 g/mol. The zero-order chi connectivity index (χ0) is 21.1. The predicted octanol–water partition coefficient (Wildman–Crippen LogP) is 4.54. The third-order valence-electron chi connectivity index (χ3n) is 2.99. The quantitative estimate of drug-likeness (QED) is 0.654. The number of hydrogen-bond acceptors (Lipinski definition) is 1. The lowest BCUT2D eigenvalue weighted by atomic mass is 9.84. The molecule has 0 aliphatic carbocycles. The number of halogens is 14. The number of alkyl halides is 14. The average Bonchev–Trinajstić information content (AvgIpc) is 2.35. The lowest BCUT2D eigenvalue weighted by Gasteiger charge is -2.42. The Kier molecular flexibility index (Phi) is 5.16. The van der Waals surface area contributed by atoms with Gasteiger partial charge in [0.2, 0.25) is 0 Å². The number of carboxylic acids is 1. The molecule has 1 N–H and O–H groups in total. The molecule has 0 aromatic rings. The Hall–Kier alpha value is -1.51. The smallest absolute Gasteiger partial charge is 0.460 e. The largest absolute Gasteiger partial charge is 0.477 e. The minimum Gasteiger partial charge on any atom is -0.477 e. The van der Waals surface area contributed by atoms with Gasteiger partial charge in [0.15, 0.2) is 0 Å². The third-order valence-corrected chi connectivity index (χ3v) is 2.99. The highest BCUT2D eigenvalue weighted by molar-refractivity contribution is 5.77. The minimum atomic E-state index is -8.14. The molecule has 0 spiro atoms. The standard InChI is InChI=1S/C9H4F14O2/c1-3(10,4(11,12)2(24)25)5(13,14)6(15,16)7(17,18)8(19,20)9(21,22)23/h1H3,(H,24,25). The van der Waals surface area contributed by atoms with Crippen molar-refractivity contribution in [2.24, 2.45) is 0 Å². The predicted molar refractivity (Wildman–Crippen MR) is 47.9 cm³/mol. The van der Waals surface area contributed by atoms with Gasteiger partial charge in [-0.1, -0.05) is 0 Å². The summed E-state index contributed by atoms with van der Waals surface area (Å²) in [6, 6.07) is 0. The second kappa shape index (κ2) is 5.49. The van der Waals surface area contributed by atoms with Gasteiger partial charge in [0, 0.05) is 0 Å². The van der Waals surface area contributed by atoms with Crippen LogP contribution < -0.4 is 0 Å². The molecule has 16 heteroatoms. The van der Waals surface area contributed by atoms with Gasteiger partial charge in [0.25, 0.3) is 5.67 Å². The van der Waals surface area contributed by atoms with Gasteiger partial charge >= 0.3 is 41.8 Å². The molecule has 150 valence electrons. The van der Waals surface area contributed by atoms with Gasteiger partial charge < -0.3 is 5.11 Å². The lowest BCUT2D eigenvalue weighted by Crippen LogP contribution is -2.73. The molecule has 0 bridgehead atoms. The van der Waals surface area contributed by atoms with Crippen molar-refractivity contribution < 1.29 is 71.4 Å². The van der Waals surface area contributed by atoms with E-state index in [9.17, 15) is 66.3 Å².